The number of aromatic nitrogens is 1. The molecule has 168 valence electrons. The fourth-order valence-corrected chi connectivity index (χ4v) is 5.22. The van der Waals surface area contributed by atoms with Crippen molar-refractivity contribution in [2.24, 2.45) is 7.05 Å². The zero-order valence-corrected chi connectivity index (χ0v) is 20.1. The first-order chi connectivity index (χ1) is 15.3. The SMILES string of the molecule is CC(=O)NSN1CCC(NC(=O)c2cc3c(Cl)c(Cl)ccc3n2C)C(c2ccccc2)C1. The van der Waals surface area contributed by atoms with Gasteiger partial charge in [-0.25, -0.2) is 4.31 Å². The third-order valence-corrected chi connectivity index (χ3v) is 7.57. The fourth-order valence-electron chi connectivity index (χ4n) is 4.15. The van der Waals surface area contributed by atoms with Crippen LogP contribution in [-0.4, -0.2) is 39.8 Å². The maximum atomic E-state index is 13.3. The number of aryl methyl sites for hydroxylation is 1. The minimum absolute atomic E-state index is 0.0452. The largest absolute Gasteiger partial charge is 0.347 e. The quantitative estimate of drug-likeness (QED) is 0.505. The van der Waals surface area contributed by atoms with Crippen molar-refractivity contribution in [2.75, 3.05) is 13.1 Å². The van der Waals surface area contributed by atoms with E-state index in [9.17, 15) is 9.59 Å². The average molecular weight is 491 g/mol. The molecular weight excluding hydrogens is 467 g/mol. The first-order valence-electron chi connectivity index (χ1n) is 10.3. The van der Waals surface area contributed by atoms with Gasteiger partial charge in [0.1, 0.15) is 5.69 Å². The zero-order chi connectivity index (χ0) is 22.8. The number of nitrogens with zero attached hydrogens (tertiary/aromatic N) is 2. The van der Waals surface area contributed by atoms with Crippen LogP contribution in [0.25, 0.3) is 10.9 Å². The summed E-state index contributed by atoms with van der Waals surface area (Å²) in [5.41, 5.74) is 2.54. The second-order valence-corrected chi connectivity index (χ2v) is 9.59. The second-order valence-electron chi connectivity index (χ2n) is 7.91. The van der Waals surface area contributed by atoms with Crippen molar-refractivity contribution in [3.05, 3.63) is 69.8 Å². The molecule has 2 aromatic carbocycles. The van der Waals surface area contributed by atoms with Gasteiger partial charge in [-0.05, 0) is 30.2 Å². The van der Waals surface area contributed by atoms with Crippen molar-refractivity contribution in [2.45, 2.75) is 25.3 Å². The van der Waals surface area contributed by atoms with Gasteiger partial charge in [0, 0.05) is 62.1 Å². The van der Waals surface area contributed by atoms with Gasteiger partial charge in [-0.15, -0.1) is 0 Å². The number of nitrogens with one attached hydrogen (secondary N) is 2. The number of fused-ring (bicyclic) bond motifs is 1. The summed E-state index contributed by atoms with van der Waals surface area (Å²) in [5.74, 6) is -0.149. The molecule has 0 spiro atoms. The third kappa shape index (κ3) is 4.76. The molecule has 1 fully saturated rings. The van der Waals surface area contributed by atoms with Gasteiger partial charge in [-0.1, -0.05) is 53.5 Å². The van der Waals surface area contributed by atoms with Crippen LogP contribution in [0.2, 0.25) is 10.0 Å². The van der Waals surface area contributed by atoms with Gasteiger partial charge in [0.25, 0.3) is 5.91 Å². The van der Waals surface area contributed by atoms with Crippen LogP contribution in [0.1, 0.15) is 35.3 Å². The van der Waals surface area contributed by atoms with E-state index in [-0.39, 0.29) is 23.8 Å². The van der Waals surface area contributed by atoms with Gasteiger partial charge in [-0.2, -0.15) is 0 Å². The number of amides is 2. The lowest BCUT2D eigenvalue weighted by atomic mass is 9.87. The van der Waals surface area contributed by atoms with Crippen LogP contribution in [0.5, 0.6) is 0 Å². The Morgan fingerprint density at radius 1 is 1.12 bits per heavy atom. The predicted octanol–water partition coefficient (Wildman–Crippen LogP) is 4.77. The molecule has 1 aliphatic heterocycles. The van der Waals surface area contributed by atoms with E-state index in [0.29, 0.717) is 22.3 Å². The Kier molecular flexibility index (Phi) is 7.00. The Morgan fingerprint density at radius 3 is 2.59 bits per heavy atom. The standard InChI is InChI=1S/C23H24Cl2N4O2S/c1-14(30)27-32-29-11-10-19(17(13-29)15-6-4-3-5-7-15)26-23(31)21-12-16-20(28(21)2)9-8-18(24)22(16)25/h3-9,12,17,19H,10-11,13H2,1-2H3,(H,26,31)(H,27,30). The first-order valence-corrected chi connectivity index (χ1v) is 11.9. The van der Waals surface area contributed by atoms with Crippen LogP contribution in [0.4, 0.5) is 0 Å². The molecule has 2 heterocycles. The van der Waals surface area contributed by atoms with E-state index >= 15 is 0 Å². The summed E-state index contributed by atoms with van der Waals surface area (Å²) in [6.45, 7) is 2.95. The monoisotopic (exact) mass is 490 g/mol. The lowest BCUT2D eigenvalue weighted by Gasteiger charge is -2.38. The molecule has 3 aromatic rings. The lowest BCUT2D eigenvalue weighted by molar-refractivity contribution is -0.117. The van der Waals surface area contributed by atoms with E-state index < -0.39 is 0 Å². The summed E-state index contributed by atoms with van der Waals surface area (Å²) in [6, 6.07) is 15.5. The molecule has 2 amide bonds. The second kappa shape index (κ2) is 9.75. The Morgan fingerprint density at radius 2 is 1.88 bits per heavy atom. The maximum absolute atomic E-state index is 13.3. The van der Waals surface area contributed by atoms with Crippen molar-refractivity contribution < 1.29 is 9.59 Å². The van der Waals surface area contributed by atoms with E-state index in [1.165, 1.54) is 19.1 Å². The third-order valence-electron chi connectivity index (χ3n) is 5.78. The molecule has 0 bridgehead atoms. The number of rotatable bonds is 5. The summed E-state index contributed by atoms with van der Waals surface area (Å²) in [6.07, 6.45) is 0.758. The number of benzene rings is 2. The van der Waals surface area contributed by atoms with Crippen LogP contribution in [0.15, 0.2) is 48.5 Å². The summed E-state index contributed by atoms with van der Waals surface area (Å²) in [4.78, 5) is 24.6. The van der Waals surface area contributed by atoms with Gasteiger partial charge < -0.3 is 9.88 Å². The highest BCUT2D eigenvalue weighted by Gasteiger charge is 2.33. The van der Waals surface area contributed by atoms with Crippen LogP contribution in [-0.2, 0) is 11.8 Å². The van der Waals surface area contributed by atoms with E-state index in [1.807, 2.05) is 35.9 Å². The number of halogens is 2. The highest BCUT2D eigenvalue weighted by atomic mass is 35.5. The summed E-state index contributed by atoms with van der Waals surface area (Å²) >= 11 is 13.8. The first kappa shape index (κ1) is 23.0. The number of piperidine rings is 1. The van der Waals surface area contributed by atoms with Crippen molar-refractivity contribution in [1.82, 2.24) is 18.9 Å². The topological polar surface area (TPSA) is 66.4 Å². The minimum atomic E-state index is -0.148. The number of hydrogen-bond donors (Lipinski definition) is 2. The Bertz CT molecular complexity index is 1150. The Balaban J connectivity index is 1.57. The lowest BCUT2D eigenvalue weighted by Crippen LogP contribution is -2.49. The molecule has 2 atom stereocenters. The molecule has 4 rings (SSSR count). The zero-order valence-electron chi connectivity index (χ0n) is 17.8. The molecule has 0 aliphatic carbocycles. The predicted molar refractivity (Wildman–Crippen MR) is 131 cm³/mol. The van der Waals surface area contributed by atoms with Crippen molar-refractivity contribution in [3.63, 3.8) is 0 Å². The normalized spacial score (nSPS) is 19.1. The molecule has 9 heteroatoms. The average Bonchev–Trinajstić information content (AvgIpc) is 3.13. The number of carbonyl (C=O) groups excluding carboxylic acids is 2. The highest BCUT2D eigenvalue weighted by molar-refractivity contribution is 7.95. The Hall–Kier alpha value is -2.19. The molecule has 1 aromatic heterocycles. The smallest absolute Gasteiger partial charge is 0.268 e. The van der Waals surface area contributed by atoms with E-state index in [0.717, 1.165) is 29.4 Å². The van der Waals surface area contributed by atoms with Gasteiger partial charge in [0.2, 0.25) is 5.91 Å². The summed E-state index contributed by atoms with van der Waals surface area (Å²) in [7, 11) is 1.85. The number of carbonyl (C=O) groups is 2. The van der Waals surface area contributed by atoms with Crippen LogP contribution in [0, 0.1) is 0 Å². The van der Waals surface area contributed by atoms with E-state index in [4.69, 9.17) is 23.2 Å². The number of hydrogen-bond acceptors (Lipinski definition) is 4. The molecule has 2 N–H and O–H groups in total. The molecule has 32 heavy (non-hydrogen) atoms. The van der Waals surface area contributed by atoms with Crippen molar-refractivity contribution in [3.8, 4) is 0 Å². The van der Waals surface area contributed by atoms with Crippen molar-refractivity contribution in [1.29, 1.82) is 0 Å². The van der Waals surface area contributed by atoms with Crippen LogP contribution < -0.4 is 10.0 Å². The van der Waals surface area contributed by atoms with Gasteiger partial charge >= 0.3 is 0 Å². The fraction of sp³-hybridized carbons (Fsp3) is 0.304. The molecule has 1 saturated heterocycles. The maximum Gasteiger partial charge on any atom is 0.268 e. The van der Waals surface area contributed by atoms with E-state index in [2.05, 4.69) is 26.5 Å². The van der Waals surface area contributed by atoms with Crippen LogP contribution in [0.3, 0.4) is 0 Å². The highest BCUT2D eigenvalue weighted by Crippen LogP contribution is 2.33. The Labute approximate surface area is 201 Å². The summed E-state index contributed by atoms with van der Waals surface area (Å²) < 4.78 is 6.76. The molecule has 6 nitrogen and oxygen atoms in total. The molecule has 1 aliphatic rings. The molecule has 0 radical (unpaired) electrons. The minimum Gasteiger partial charge on any atom is -0.347 e. The molecular formula is C23H24Cl2N4O2S. The molecule has 2 unspecified atom stereocenters. The van der Waals surface area contributed by atoms with Crippen molar-refractivity contribution >= 4 is 58.1 Å². The van der Waals surface area contributed by atoms with Gasteiger partial charge in [0.05, 0.1) is 10.0 Å². The van der Waals surface area contributed by atoms with E-state index in [1.54, 1.807) is 12.1 Å². The summed E-state index contributed by atoms with van der Waals surface area (Å²) in [5, 5.41) is 4.91. The molecule has 0 saturated carbocycles. The van der Waals surface area contributed by atoms with Gasteiger partial charge in [-0.3, -0.25) is 14.3 Å². The van der Waals surface area contributed by atoms with Gasteiger partial charge in [0.15, 0.2) is 0 Å². The van der Waals surface area contributed by atoms with Crippen LogP contribution >= 0.6 is 35.3 Å².